The van der Waals surface area contributed by atoms with Crippen molar-refractivity contribution >= 4 is 23.2 Å². The van der Waals surface area contributed by atoms with E-state index in [0.29, 0.717) is 17.2 Å². The molecule has 6 nitrogen and oxygen atoms in total. The Hall–Kier alpha value is -3.48. The zero-order valence-electron chi connectivity index (χ0n) is 14.1. The second-order valence-electron chi connectivity index (χ2n) is 5.48. The van der Waals surface area contributed by atoms with Crippen LogP contribution in [0.25, 0.3) is 0 Å². The minimum absolute atomic E-state index is 0.0713. The van der Waals surface area contributed by atoms with Crippen molar-refractivity contribution in [2.24, 2.45) is 0 Å². The number of nitrogens with one attached hydrogen (secondary N) is 2. The second kappa shape index (κ2) is 8.06. The van der Waals surface area contributed by atoms with E-state index in [1.54, 1.807) is 37.4 Å². The van der Waals surface area contributed by atoms with Gasteiger partial charge in [-0.05, 0) is 35.9 Å². The molecular formula is C19H17FN4O2. The lowest BCUT2D eigenvalue weighted by molar-refractivity contribution is -0.115. The molecule has 132 valence electrons. The SMILES string of the molecule is COc1cccc(Nc2ccc(NC(=O)Cc3ccccc3F)nn2)c1. The first-order chi connectivity index (χ1) is 12.6. The summed E-state index contributed by atoms with van der Waals surface area (Å²) in [6, 6.07) is 16.8. The average molecular weight is 352 g/mol. The number of halogens is 1. The van der Waals surface area contributed by atoms with Crippen LogP contribution >= 0.6 is 0 Å². The molecule has 1 heterocycles. The summed E-state index contributed by atoms with van der Waals surface area (Å²) in [5, 5.41) is 13.7. The summed E-state index contributed by atoms with van der Waals surface area (Å²) in [5.74, 6) is 0.761. The van der Waals surface area contributed by atoms with E-state index in [9.17, 15) is 9.18 Å². The molecule has 3 rings (SSSR count). The Morgan fingerprint density at radius 3 is 2.54 bits per heavy atom. The molecule has 3 aromatic rings. The molecule has 1 amide bonds. The molecule has 0 aliphatic heterocycles. The highest BCUT2D eigenvalue weighted by Crippen LogP contribution is 2.20. The first-order valence-corrected chi connectivity index (χ1v) is 7.92. The first kappa shape index (κ1) is 17.3. The summed E-state index contributed by atoms with van der Waals surface area (Å²) in [6.07, 6.45) is -0.0713. The van der Waals surface area contributed by atoms with Crippen LogP contribution in [-0.4, -0.2) is 23.2 Å². The summed E-state index contributed by atoms with van der Waals surface area (Å²) in [7, 11) is 1.59. The normalized spacial score (nSPS) is 10.2. The van der Waals surface area contributed by atoms with Crippen molar-refractivity contribution in [3.05, 3.63) is 72.0 Å². The number of benzene rings is 2. The number of ether oxygens (including phenoxy) is 1. The van der Waals surface area contributed by atoms with Crippen molar-refractivity contribution in [1.82, 2.24) is 10.2 Å². The maximum Gasteiger partial charge on any atom is 0.230 e. The molecule has 0 unspecified atom stereocenters. The highest BCUT2D eigenvalue weighted by atomic mass is 19.1. The summed E-state index contributed by atoms with van der Waals surface area (Å²) in [5.41, 5.74) is 1.13. The van der Waals surface area contributed by atoms with Crippen molar-refractivity contribution in [2.45, 2.75) is 6.42 Å². The topological polar surface area (TPSA) is 76.1 Å². The van der Waals surface area contributed by atoms with E-state index in [-0.39, 0.29) is 12.3 Å². The van der Waals surface area contributed by atoms with E-state index in [0.717, 1.165) is 11.4 Å². The van der Waals surface area contributed by atoms with Gasteiger partial charge < -0.3 is 15.4 Å². The predicted octanol–water partition coefficient (Wildman–Crippen LogP) is 3.55. The third-order valence-corrected chi connectivity index (χ3v) is 3.58. The molecule has 26 heavy (non-hydrogen) atoms. The monoisotopic (exact) mass is 352 g/mol. The highest BCUT2D eigenvalue weighted by molar-refractivity contribution is 5.91. The van der Waals surface area contributed by atoms with Crippen LogP contribution in [0, 0.1) is 5.82 Å². The van der Waals surface area contributed by atoms with Crippen molar-refractivity contribution in [3.63, 3.8) is 0 Å². The molecule has 2 N–H and O–H groups in total. The molecule has 0 fully saturated rings. The van der Waals surface area contributed by atoms with E-state index in [2.05, 4.69) is 20.8 Å². The Labute approximate surface area is 150 Å². The number of carbonyl (C=O) groups is 1. The Morgan fingerprint density at radius 2 is 1.81 bits per heavy atom. The largest absolute Gasteiger partial charge is 0.497 e. The minimum Gasteiger partial charge on any atom is -0.497 e. The molecule has 0 saturated heterocycles. The number of hydrogen-bond donors (Lipinski definition) is 2. The van der Waals surface area contributed by atoms with Crippen LogP contribution < -0.4 is 15.4 Å². The zero-order chi connectivity index (χ0) is 18.4. The maximum atomic E-state index is 13.6. The third-order valence-electron chi connectivity index (χ3n) is 3.58. The Balaban J connectivity index is 1.60. The Kier molecular flexibility index (Phi) is 5.38. The van der Waals surface area contributed by atoms with Gasteiger partial charge >= 0.3 is 0 Å². The Morgan fingerprint density at radius 1 is 1.04 bits per heavy atom. The number of amides is 1. The molecule has 0 spiro atoms. The maximum absolute atomic E-state index is 13.6. The molecule has 1 aromatic heterocycles. The molecule has 7 heteroatoms. The highest BCUT2D eigenvalue weighted by Gasteiger charge is 2.09. The van der Waals surface area contributed by atoms with E-state index in [1.807, 2.05) is 24.3 Å². The fraction of sp³-hybridized carbons (Fsp3) is 0.105. The third kappa shape index (κ3) is 4.54. The summed E-state index contributed by atoms with van der Waals surface area (Å²) >= 11 is 0. The van der Waals surface area contributed by atoms with Crippen LogP contribution in [0.5, 0.6) is 5.75 Å². The van der Waals surface area contributed by atoms with Crippen molar-refractivity contribution in [3.8, 4) is 5.75 Å². The van der Waals surface area contributed by atoms with Gasteiger partial charge in [0.1, 0.15) is 11.6 Å². The number of rotatable bonds is 6. The number of methoxy groups -OCH3 is 1. The van der Waals surface area contributed by atoms with E-state index < -0.39 is 5.82 Å². The van der Waals surface area contributed by atoms with Gasteiger partial charge in [-0.25, -0.2) is 4.39 Å². The molecule has 0 radical (unpaired) electrons. The van der Waals surface area contributed by atoms with Gasteiger partial charge in [-0.1, -0.05) is 24.3 Å². The molecule has 0 bridgehead atoms. The second-order valence-corrected chi connectivity index (χ2v) is 5.48. The Bertz CT molecular complexity index is 900. The predicted molar refractivity (Wildman–Crippen MR) is 97.0 cm³/mol. The van der Waals surface area contributed by atoms with Gasteiger partial charge in [0.25, 0.3) is 0 Å². The van der Waals surface area contributed by atoms with Crippen molar-refractivity contribution in [2.75, 3.05) is 17.7 Å². The number of nitrogens with zero attached hydrogens (tertiary/aromatic N) is 2. The smallest absolute Gasteiger partial charge is 0.230 e. The first-order valence-electron chi connectivity index (χ1n) is 7.92. The average Bonchev–Trinajstić information content (AvgIpc) is 2.65. The quantitative estimate of drug-likeness (QED) is 0.709. The minimum atomic E-state index is -0.411. The zero-order valence-corrected chi connectivity index (χ0v) is 14.1. The van der Waals surface area contributed by atoms with Gasteiger partial charge in [-0.15, -0.1) is 10.2 Å². The number of hydrogen-bond acceptors (Lipinski definition) is 5. The van der Waals surface area contributed by atoms with Gasteiger partial charge in [0.05, 0.1) is 13.5 Å². The van der Waals surface area contributed by atoms with E-state index in [1.165, 1.54) is 6.07 Å². The van der Waals surface area contributed by atoms with Gasteiger partial charge in [0.15, 0.2) is 11.6 Å². The van der Waals surface area contributed by atoms with Crippen LogP contribution in [-0.2, 0) is 11.2 Å². The van der Waals surface area contributed by atoms with E-state index in [4.69, 9.17) is 4.74 Å². The lowest BCUT2D eigenvalue weighted by atomic mass is 10.1. The summed E-state index contributed by atoms with van der Waals surface area (Å²) < 4.78 is 18.7. The fourth-order valence-electron chi connectivity index (χ4n) is 2.32. The van der Waals surface area contributed by atoms with Gasteiger partial charge in [-0.2, -0.15) is 0 Å². The molecule has 0 aliphatic rings. The molecule has 0 atom stereocenters. The lowest BCUT2D eigenvalue weighted by Crippen LogP contribution is -2.16. The molecular weight excluding hydrogens is 335 g/mol. The van der Waals surface area contributed by atoms with Crippen LogP contribution in [0.4, 0.5) is 21.7 Å². The summed E-state index contributed by atoms with van der Waals surface area (Å²) in [4.78, 5) is 12.0. The molecule has 0 saturated carbocycles. The van der Waals surface area contributed by atoms with Crippen LogP contribution in [0.3, 0.4) is 0 Å². The van der Waals surface area contributed by atoms with Gasteiger partial charge in [0.2, 0.25) is 5.91 Å². The fourth-order valence-corrected chi connectivity index (χ4v) is 2.32. The van der Waals surface area contributed by atoms with Crippen molar-refractivity contribution < 1.29 is 13.9 Å². The lowest BCUT2D eigenvalue weighted by Gasteiger charge is -2.08. The molecule has 2 aromatic carbocycles. The standard InChI is InChI=1S/C19H17FN4O2/c1-26-15-7-4-6-14(12-15)21-17-9-10-18(24-23-17)22-19(25)11-13-5-2-3-8-16(13)20/h2-10,12H,11H2,1H3,(H,21,23)(H,22,24,25). The number of aromatic nitrogens is 2. The van der Waals surface area contributed by atoms with Crippen LogP contribution in [0.2, 0.25) is 0 Å². The number of carbonyl (C=O) groups excluding carboxylic acids is 1. The van der Waals surface area contributed by atoms with E-state index >= 15 is 0 Å². The summed E-state index contributed by atoms with van der Waals surface area (Å²) in [6.45, 7) is 0. The van der Waals surface area contributed by atoms with Crippen molar-refractivity contribution in [1.29, 1.82) is 0 Å². The van der Waals surface area contributed by atoms with Crippen LogP contribution in [0.1, 0.15) is 5.56 Å². The van der Waals surface area contributed by atoms with Gasteiger partial charge in [0, 0.05) is 11.8 Å². The van der Waals surface area contributed by atoms with Crippen LogP contribution in [0.15, 0.2) is 60.7 Å². The molecule has 0 aliphatic carbocycles. The van der Waals surface area contributed by atoms with Gasteiger partial charge in [-0.3, -0.25) is 4.79 Å². The number of anilines is 3.